The van der Waals surface area contributed by atoms with Gasteiger partial charge in [0.05, 0.1) is 7.11 Å². The molecule has 0 N–H and O–H groups in total. The zero-order valence-electron chi connectivity index (χ0n) is 13.3. The van der Waals surface area contributed by atoms with Crippen LogP contribution in [0, 0.1) is 0 Å². The van der Waals surface area contributed by atoms with Gasteiger partial charge in [0.15, 0.2) is 0 Å². The van der Waals surface area contributed by atoms with Crippen LogP contribution in [0.15, 0.2) is 54.6 Å². The number of para-hydroxylation sites is 1. The molecule has 1 atom stereocenters. The van der Waals surface area contributed by atoms with E-state index in [1.807, 2.05) is 36.4 Å². The molecule has 1 unspecified atom stereocenters. The fourth-order valence-electron chi connectivity index (χ4n) is 2.74. The lowest BCUT2D eigenvalue weighted by Gasteiger charge is -2.10. The summed E-state index contributed by atoms with van der Waals surface area (Å²) < 4.78 is 19.3. The normalized spacial score (nSPS) is 12.1. The molecule has 0 fully saturated rings. The number of alkyl halides is 1. The fraction of sp³-hybridized carbons (Fsp3) is 0.400. The first-order valence-electron chi connectivity index (χ1n) is 8.09. The molecule has 0 bridgehead atoms. The second-order valence-electron chi connectivity index (χ2n) is 5.68. The Morgan fingerprint density at radius 3 is 2.23 bits per heavy atom. The Morgan fingerprint density at radius 2 is 1.50 bits per heavy atom. The van der Waals surface area contributed by atoms with Crippen LogP contribution in [0.25, 0.3) is 0 Å². The van der Waals surface area contributed by atoms with E-state index in [1.165, 1.54) is 11.1 Å². The molecule has 22 heavy (non-hydrogen) atoms. The Morgan fingerprint density at radius 1 is 0.864 bits per heavy atom. The summed E-state index contributed by atoms with van der Waals surface area (Å²) in [5.74, 6) is 0.905. The Hall–Kier alpha value is -1.83. The number of aryl methyl sites for hydroxylation is 2. The fourth-order valence-corrected chi connectivity index (χ4v) is 2.74. The van der Waals surface area contributed by atoms with Crippen molar-refractivity contribution in [3.05, 3.63) is 65.7 Å². The summed E-state index contributed by atoms with van der Waals surface area (Å²) in [7, 11) is 1.68. The van der Waals surface area contributed by atoms with Gasteiger partial charge in [-0.3, -0.25) is 0 Å². The third kappa shape index (κ3) is 5.51. The number of ether oxygens (including phenoxy) is 1. The minimum absolute atomic E-state index is 0.632. The molecule has 0 spiro atoms. The molecule has 1 nitrogen and oxygen atoms in total. The highest BCUT2D eigenvalue weighted by molar-refractivity contribution is 5.33. The third-order valence-corrected chi connectivity index (χ3v) is 3.98. The molecule has 2 heteroatoms. The molecule has 0 aromatic heterocycles. The van der Waals surface area contributed by atoms with Gasteiger partial charge in [0.25, 0.3) is 0 Å². The van der Waals surface area contributed by atoms with Gasteiger partial charge < -0.3 is 4.74 Å². The maximum atomic E-state index is 14.0. The molecule has 2 aromatic rings. The van der Waals surface area contributed by atoms with Gasteiger partial charge in [-0.25, -0.2) is 4.39 Å². The molecule has 0 aliphatic heterocycles. The molecule has 2 aromatic carbocycles. The molecule has 118 valence electrons. The van der Waals surface area contributed by atoms with Crippen molar-refractivity contribution < 1.29 is 9.13 Å². The van der Waals surface area contributed by atoms with E-state index in [0.29, 0.717) is 12.8 Å². The van der Waals surface area contributed by atoms with E-state index in [-0.39, 0.29) is 0 Å². The van der Waals surface area contributed by atoms with Crippen molar-refractivity contribution in [1.82, 2.24) is 0 Å². The van der Waals surface area contributed by atoms with Crippen LogP contribution in [0.1, 0.15) is 36.8 Å². The Bertz CT molecular complexity index is 538. The SMILES string of the molecule is COc1ccccc1CCCC(F)CCCc1ccccc1. The molecule has 0 amide bonds. The summed E-state index contributed by atoms with van der Waals surface area (Å²) in [4.78, 5) is 0. The quantitative estimate of drug-likeness (QED) is 0.604. The van der Waals surface area contributed by atoms with E-state index < -0.39 is 6.17 Å². The number of methoxy groups -OCH3 is 1. The molecule has 0 aliphatic rings. The first-order valence-corrected chi connectivity index (χ1v) is 8.09. The first kappa shape index (κ1) is 16.5. The van der Waals surface area contributed by atoms with E-state index in [1.54, 1.807) is 7.11 Å². The van der Waals surface area contributed by atoms with Gasteiger partial charge in [0, 0.05) is 0 Å². The first-order chi connectivity index (χ1) is 10.8. The summed E-state index contributed by atoms with van der Waals surface area (Å²) in [6.45, 7) is 0. The Balaban J connectivity index is 1.64. The summed E-state index contributed by atoms with van der Waals surface area (Å²) in [5.41, 5.74) is 2.46. The lowest BCUT2D eigenvalue weighted by molar-refractivity contribution is 0.285. The van der Waals surface area contributed by atoms with E-state index in [9.17, 15) is 4.39 Å². The van der Waals surface area contributed by atoms with Crippen LogP contribution < -0.4 is 4.74 Å². The van der Waals surface area contributed by atoms with Gasteiger partial charge in [0.2, 0.25) is 0 Å². The van der Waals surface area contributed by atoms with Crippen LogP contribution in [0.2, 0.25) is 0 Å². The van der Waals surface area contributed by atoms with Crippen molar-refractivity contribution >= 4 is 0 Å². The van der Waals surface area contributed by atoms with E-state index in [0.717, 1.165) is 31.4 Å². The molecule has 2 rings (SSSR count). The van der Waals surface area contributed by atoms with Gasteiger partial charge in [-0.2, -0.15) is 0 Å². The molecule has 0 aliphatic carbocycles. The smallest absolute Gasteiger partial charge is 0.122 e. The van der Waals surface area contributed by atoms with Crippen molar-refractivity contribution in [3.63, 3.8) is 0 Å². The average molecular weight is 300 g/mol. The summed E-state index contributed by atoms with van der Waals surface area (Å²) in [6.07, 6.45) is 4.22. The zero-order chi connectivity index (χ0) is 15.6. The van der Waals surface area contributed by atoms with Gasteiger partial charge in [0.1, 0.15) is 11.9 Å². The van der Waals surface area contributed by atoms with E-state index >= 15 is 0 Å². The molecule has 0 saturated carbocycles. The molecule has 0 heterocycles. The highest BCUT2D eigenvalue weighted by atomic mass is 19.1. The highest BCUT2D eigenvalue weighted by Gasteiger charge is 2.08. The number of hydrogen-bond acceptors (Lipinski definition) is 1. The maximum absolute atomic E-state index is 14.0. The van der Waals surface area contributed by atoms with Gasteiger partial charge in [-0.15, -0.1) is 0 Å². The van der Waals surface area contributed by atoms with E-state index in [2.05, 4.69) is 18.2 Å². The van der Waals surface area contributed by atoms with Crippen molar-refractivity contribution in [2.24, 2.45) is 0 Å². The minimum Gasteiger partial charge on any atom is -0.496 e. The maximum Gasteiger partial charge on any atom is 0.122 e. The monoisotopic (exact) mass is 300 g/mol. The van der Waals surface area contributed by atoms with Gasteiger partial charge >= 0.3 is 0 Å². The predicted molar refractivity (Wildman–Crippen MR) is 90.2 cm³/mol. The minimum atomic E-state index is -0.696. The zero-order valence-corrected chi connectivity index (χ0v) is 13.3. The highest BCUT2D eigenvalue weighted by Crippen LogP contribution is 2.21. The van der Waals surface area contributed by atoms with Gasteiger partial charge in [-0.05, 0) is 55.7 Å². The second kappa shape index (κ2) is 9.24. The lowest BCUT2D eigenvalue weighted by atomic mass is 10.0. The van der Waals surface area contributed by atoms with Crippen LogP contribution in [-0.4, -0.2) is 13.3 Å². The largest absolute Gasteiger partial charge is 0.496 e. The van der Waals surface area contributed by atoms with Crippen molar-refractivity contribution in [3.8, 4) is 5.75 Å². The van der Waals surface area contributed by atoms with Crippen LogP contribution in [0.3, 0.4) is 0 Å². The second-order valence-corrected chi connectivity index (χ2v) is 5.68. The topological polar surface area (TPSA) is 9.23 Å². The summed E-state index contributed by atoms with van der Waals surface area (Å²) in [6, 6.07) is 18.3. The average Bonchev–Trinajstić information content (AvgIpc) is 2.56. The summed E-state index contributed by atoms with van der Waals surface area (Å²) >= 11 is 0. The van der Waals surface area contributed by atoms with Crippen molar-refractivity contribution in [2.45, 2.75) is 44.7 Å². The van der Waals surface area contributed by atoms with Crippen molar-refractivity contribution in [1.29, 1.82) is 0 Å². The molecule has 0 saturated heterocycles. The number of rotatable bonds is 9. The molecular weight excluding hydrogens is 275 g/mol. The van der Waals surface area contributed by atoms with Crippen molar-refractivity contribution in [2.75, 3.05) is 7.11 Å². The Kier molecular flexibility index (Phi) is 6.95. The predicted octanol–water partition coefficient (Wildman–Crippen LogP) is 5.38. The third-order valence-electron chi connectivity index (χ3n) is 3.98. The van der Waals surface area contributed by atoms with Gasteiger partial charge in [-0.1, -0.05) is 48.5 Å². The lowest BCUT2D eigenvalue weighted by Crippen LogP contribution is -2.02. The summed E-state index contributed by atoms with van der Waals surface area (Å²) in [5, 5.41) is 0. The van der Waals surface area contributed by atoms with Crippen LogP contribution in [0.5, 0.6) is 5.75 Å². The number of halogens is 1. The van der Waals surface area contributed by atoms with Crippen LogP contribution in [-0.2, 0) is 12.8 Å². The number of benzene rings is 2. The number of hydrogen-bond donors (Lipinski definition) is 0. The van der Waals surface area contributed by atoms with Crippen LogP contribution >= 0.6 is 0 Å². The van der Waals surface area contributed by atoms with Crippen LogP contribution in [0.4, 0.5) is 4.39 Å². The Labute approximate surface area is 133 Å². The standard InChI is InChI=1S/C20H25FO/c1-22-20-16-6-5-12-18(20)13-8-15-19(21)14-7-11-17-9-3-2-4-10-17/h2-6,9-10,12,16,19H,7-8,11,13-15H2,1H3. The molecular formula is C20H25FO. The van der Waals surface area contributed by atoms with E-state index in [4.69, 9.17) is 4.74 Å². The molecule has 0 radical (unpaired) electrons.